The minimum absolute atomic E-state index is 0.410. The van der Waals surface area contributed by atoms with Crippen LogP contribution in [0.25, 0.3) is 0 Å². The maximum Gasteiger partial charge on any atom is 0.113 e. The highest BCUT2D eigenvalue weighted by atomic mass is 15.3. The Morgan fingerprint density at radius 1 is 1.04 bits per heavy atom. The van der Waals surface area contributed by atoms with E-state index in [4.69, 9.17) is 0 Å². The molecule has 2 heterocycles. The summed E-state index contributed by atoms with van der Waals surface area (Å²) < 4.78 is 0. The maximum absolute atomic E-state index is 10.3. The molecular weight excluding hydrogens is 308 g/mol. The van der Waals surface area contributed by atoms with Crippen molar-refractivity contribution in [3.05, 3.63) is 30.1 Å². The monoisotopic (exact) mass is 334 g/mol. The summed E-state index contributed by atoms with van der Waals surface area (Å²) in [4.78, 5) is 6.60. The molecule has 0 radical (unpaired) electrons. The van der Waals surface area contributed by atoms with Crippen LogP contribution in [0.3, 0.4) is 0 Å². The lowest BCUT2D eigenvalue weighted by molar-refractivity contribution is -0.117. The van der Waals surface area contributed by atoms with Crippen molar-refractivity contribution >= 4 is 0 Å². The normalized spacial score (nSPS) is 38.0. The van der Waals surface area contributed by atoms with E-state index in [2.05, 4.69) is 28.1 Å². The molecule has 4 heteroatoms. The number of piperidine rings is 1. The molecule has 0 bridgehead atoms. The zero-order chi connectivity index (χ0) is 17.3. The summed E-state index contributed by atoms with van der Waals surface area (Å²) >= 11 is 0. The van der Waals surface area contributed by atoms with Gasteiger partial charge in [0, 0.05) is 18.9 Å². The van der Waals surface area contributed by atoms with Crippen LogP contribution in [0.4, 0.5) is 0 Å². The number of aromatic nitrogens is 1. The molecule has 0 unspecified atom stereocenters. The van der Waals surface area contributed by atoms with E-state index in [0.717, 1.165) is 50.5 Å². The number of nitriles is 2. The van der Waals surface area contributed by atoms with Gasteiger partial charge in [0.05, 0.1) is 12.1 Å². The molecule has 4 nitrogen and oxygen atoms in total. The molecule has 1 saturated heterocycles. The van der Waals surface area contributed by atoms with E-state index in [0.29, 0.717) is 18.4 Å². The lowest BCUT2D eigenvalue weighted by Gasteiger charge is -2.61. The Kier molecular flexibility index (Phi) is 4.26. The third kappa shape index (κ3) is 2.47. The fourth-order valence-corrected chi connectivity index (χ4v) is 5.86. The highest BCUT2D eigenvalue weighted by Gasteiger charge is 2.61. The standard InChI is InChI=1S/C21H26N4/c22-15-20-9-3-1-7-18(20)12-19-8-2-4-10-21(19,16-23)25(20)14-17-6-5-11-24-13-17/h5-6,11,13,18-19H,1-4,7-10,12,14H2/t18-,19+,20-,21-/m1/s1. The van der Waals surface area contributed by atoms with E-state index in [1.54, 1.807) is 6.20 Å². The van der Waals surface area contributed by atoms with E-state index >= 15 is 0 Å². The fraction of sp³-hybridized carbons (Fsp3) is 0.667. The molecule has 130 valence electrons. The molecule has 1 aromatic rings. The lowest BCUT2D eigenvalue weighted by Crippen LogP contribution is -2.70. The van der Waals surface area contributed by atoms with Crippen molar-refractivity contribution in [1.82, 2.24) is 9.88 Å². The van der Waals surface area contributed by atoms with Gasteiger partial charge in [-0.2, -0.15) is 10.5 Å². The van der Waals surface area contributed by atoms with Gasteiger partial charge in [0.1, 0.15) is 11.1 Å². The number of likely N-dealkylation sites (tertiary alicyclic amines) is 1. The van der Waals surface area contributed by atoms with Gasteiger partial charge in [-0.3, -0.25) is 9.88 Å². The summed E-state index contributed by atoms with van der Waals surface area (Å²) in [6.07, 6.45) is 13.5. The van der Waals surface area contributed by atoms with Crippen LogP contribution >= 0.6 is 0 Å². The Morgan fingerprint density at radius 2 is 1.68 bits per heavy atom. The third-order valence-corrected chi connectivity index (χ3v) is 7.05. The smallest absolute Gasteiger partial charge is 0.113 e. The van der Waals surface area contributed by atoms with Crippen molar-refractivity contribution in [2.45, 2.75) is 75.4 Å². The highest BCUT2D eigenvalue weighted by Crippen LogP contribution is 2.56. The van der Waals surface area contributed by atoms with Gasteiger partial charge in [-0.1, -0.05) is 31.7 Å². The highest BCUT2D eigenvalue weighted by molar-refractivity contribution is 5.28. The average molecular weight is 334 g/mol. The minimum atomic E-state index is -0.475. The van der Waals surface area contributed by atoms with E-state index in [-0.39, 0.29) is 0 Å². The maximum atomic E-state index is 10.3. The summed E-state index contributed by atoms with van der Waals surface area (Å²) in [6, 6.07) is 9.50. The predicted molar refractivity (Wildman–Crippen MR) is 95.0 cm³/mol. The van der Waals surface area contributed by atoms with Crippen LogP contribution in [0.2, 0.25) is 0 Å². The zero-order valence-corrected chi connectivity index (χ0v) is 14.8. The van der Waals surface area contributed by atoms with Crippen molar-refractivity contribution in [2.75, 3.05) is 0 Å². The van der Waals surface area contributed by atoms with Crippen LogP contribution < -0.4 is 0 Å². The Morgan fingerprint density at radius 3 is 2.20 bits per heavy atom. The molecule has 2 aliphatic carbocycles. The molecular formula is C21H26N4. The number of rotatable bonds is 2. The van der Waals surface area contributed by atoms with Crippen LogP contribution in [-0.2, 0) is 6.54 Å². The van der Waals surface area contributed by atoms with Crippen molar-refractivity contribution in [1.29, 1.82) is 10.5 Å². The van der Waals surface area contributed by atoms with Crippen molar-refractivity contribution < 1.29 is 0 Å². The van der Waals surface area contributed by atoms with Gasteiger partial charge in [-0.05, 0) is 55.6 Å². The first kappa shape index (κ1) is 16.6. The van der Waals surface area contributed by atoms with Gasteiger partial charge in [-0.15, -0.1) is 0 Å². The molecule has 25 heavy (non-hydrogen) atoms. The van der Waals surface area contributed by atoms with Crippen LogP contribution in [0.1, 0.15) is 63.4 Å². The molecule has 0 aromatic carbocycles. The van der Waals surface area contributed by atoms with Crippen LogP contribution in [-0.4, -0.2) is 21.0 Å². The van der Waals surface area contributed by atoms with Gasteiger partial charge >= 0.3 is 0 Å². The number of pyridine rings is 1. The predicted octanol–water partition coefficient (Wildman–Crippen LogP) is 4.19. The van der Waals surface area contributed by atoms with E-state index < -0.39 is 11.1 Å². The van der Waals surface area contributed by atoms with E-state index in [1.165, 1.54) is 12.8 Å². The molecule has 1 aromatic heterocycles. The lowest BCUT2D eigenvalue weighted by atomic mass is 9.57. The molecule has 0 N–H and O–H groups in total. The number of fused-ring (bicyclic) bond motifs is 2. The Bertz CT molecular complexity index is 663. The quantitative estimate of drug-likeness (QED) is 0.813. The second-order valence-electron chi connectivity index (χ2n) is 8.14. The van der Waals surface area contributed by atoms with Gasteiger partial charge in [0.15, 0.2) is 0 Å². The first-order valence-corrected chi connectivity index (χ1v) is 9.74. The van der Waals surface area contributed by atoms with Gasteiger partial charge in [0.2, 0.25) is 0 Å². The largest absolute Gasteiger partial charge is 0.264 e. The Hall–Kier alpha value is -1.91. The summed E-state index contributed by atoms with van der Waals surface area (Å²) in [5.41, 5.74) is 0.164. The summed E-state index contributed by atoms with van der Waals surface area (Å²) in [7, 11) is 0. The molecule has 3 aliphatic rings. The molecule has 2 saturated carbocycles. The zero-order valence-electron chi connectivity index (χ0n) is 14.8. The molecule has 1 aliphatic heterocycles. The second-order valence-corrected chi connectivity index (χ2v) is 8.14. The molecule has 0 amide bonds. The Balaban J connectivity index is 1.81. The number of hydrogen-bond donors (Lipinski definition) is 0. The van der Waals surface area contributed by atoms with Gasteiger partial charge in [0.25, 0.3) is 0 Å². The summed E-state index contributed by atoms with van der Waals surface area (Å²) in [5, 5.41) is 20.6. The second kappa shape index (κ2) is 6.43. The summed E-state index contributed by atoms with van der Waals surface area (Å²) in [6.45, 7) is 0.669. The van der Waals surface area contributed by atoms with Crippen LogP contribution in [0, 0.1) is 34.5 Å². The van der Waals surface area contributed by atoms with Crippen LogP contribution in [0.5, 0.6) is 0 Å². The number of nitrogens with zero attached hydrogens (tertiary/aromatic N) is 4. The van der Waals surface area contributed by atoms with Crippen molar-refractivity contribution in [2.24, 2.45) is 11.8 Å². The number of hydrogen-bond acceptors (Lipinski definition) is 4. The Labute approximate surface area is 150 Å². The first-order valence-electron chi connectivity index (χ1n) is 9.74. The molecule has 4 rings (SSSR count). The SMILES string of the molecule is N#C[C@]12CCCC[C@@H]1C[C@@H]1CCCC[C@]1(C#N)N2Cc1cccnc1. The molecule has 4 atom stereocenters. The topological polar surface area (TPSA) is 63.7 Å². The van der Waals surface area contributed by atoms with Crippen molar-refractivity contribution in [3.8, 4) is 12.1 Å². The summed E-state index contributed by atoms with van der Waals surface area (Å²) in [5.74, 6) is 0.819. The average Bonchev–Trinajstić information content (AvgIpc) is 2.68. The first-order chi connectivity index (χ1) is 12.2. The minimum Gasteiger partial charge on any atom is -0.264 e. The molecule has 3 fully saturated rings. The van der Waals surface area contributed by atoms with E-state index in [9.17, 15) is 10.5 Å². The third-order valence-electron chi connectivity index (χ3n) is 7.05. The van der Waals surface area contributed by atoms with Crippen LogP contribution in [0.15, 0.2) is 24.5 Å². The molecule has 0 spiro atoms. The van der Waals surface area contributed by atoms with Gasteiger partial charge in [-0.25, -0.2) is 0 Å². The van der Waals surface area contributed by atoms with Crippen molar-refractivity contribution in [3.63, 3.8) is 0 Å². The van der Waals surface area contributed by atoms with Gasteiger partial charge < -0.3 is 0 Å². The van der Waals surface area contributed by atoms with E-state index in [1.807, 2.05) is 12.3 Å². The fourth-order valence-electron chi connectivity index (χ4n) is 5.86.